The molecule has 1 aromatic rings. The lowest BCUT2D eigenvalue weighted by atomic mass is 10.2. The zero-order chi connectivity index (χ0) is 19.4. The van der Waals surface area contributed by atoms with Crippen LogP contribution in [0.5, 0.6) is 0 Å². The highest BCUT2D eigenvalue weighted by atomic mass is 19.2. The van der Waals surface area contributed by atoms with Gasteiger partial charge in [0, 0.05) is 43.9 Å². The van der Waals surface area contributed by atoms with E-state index in [4.69, 9.17) is 0 Å². The predicted molar refractivity (Wildman–Crippen MR) is 93.7 cm³/mol. The molecule has 0 radical (unpaired) electrons. The minimum absolute atomic E-state index is 0.115. The molecule has 1 saturated carbocycles. The summed E-state index contributed by atoms with van der Waals surface area (Å²) in [6.45, 7) is 2.33. The smallest absolute Gasteiger partial charge is 0.243 e. The number of anilines is 1. The van der Waals surface area contributed by atoms with E-state index >= 15 is 0 Å². The van der Waals surface area contributed by atoms with E-state index in [9.17, 15) is 23.2 Å². The number of carbonyl (C=O) groups is 3. The second kappa shape index (κ2) is 8.43. The topological polar surface area (TPSA) is 81.8 Å². The Morgan fingerprint density at radius 3 is 2.33 bits per heavy atom. The normalized spacial score (nSPS) is 17.5. The number of rotatable bonds is 6. The van der Waals surface area contributed by atoms with Crippen LogP contribution in [-0.4, -0.2) is 66.8 Å². The van der Waals surface area contributed by atoms with Crippen molar-refractivity contribution in [1.82, 2.24) is 15.1 Å². The Morgan fingerprint density at radius 1 is 1.00 bits per heavy atom. The number of hydrogen-bond acceptors (Lipinski definition) is 4. The molecule has 3 rings (SSSR count). The number of halogens is 2. The van der Waals surface area contributed by atoms with Gasteiger partial charge < -0.3 is 15.5 Å². The Hall–Kier alpha value is -2.55. The molecule has 9 heteroatoms. The molecule has 0 atom stereocenters. The number of piperazine rings is 1. The summed E-state index contributed by atoms with van der Waals surface area (Å²) in [5, 5.41) is 4.88. The van der Waals surface area contributed by atoms with E-state index in [0.29, 0.717) is 26.2 Å². The maximum Gasteiger partial charge on any atom is 0.243 e. The maximum atomic E-state index is 13.1. The summed E-state index contributed by atoms with van der Waals surface area (Å²) in [4.78, 5) is 39.5. The van der Waals surface area contributed by atoms with Crippen LogP contribution in [0.3, 0.4) is 0 Å². The zero-order valence-electron chi connectivity index (χ0n) is 14.8. The monoisotopic (exact) mass is 380 g/mol. The Balaban J connectivity index is 1.35. The molecule has 2 fully saturated rings. The summed E-state index contributed by atoms with van der Waals surface area (Å²) in [7, 11) is 0. The van der Waals surface area contributed by atoms with Crippen molar-refractivity contribution < 1.29 is 23.2 Å². The largest absolute Gasteiger partial charge is 0.346 e. The van der Waals surface area contributed by atoms with E-state index in [1.165, 1.54) is 6.07 Å². The van der Waals surface area contributed by atoms with Gasteiger partial charge in [0.25, 0.3) is 0 Å². The van der Waals surface area contributed by atoms with E-state index in [1.54, 1.807) is 0 Å². The van der Waals surface area contributed by atoms with Crippen molar-refractivity contribution >= 4 is 23.4 Å². The highest BCUT2D eigenvalue weighted by Gasteiger charge is 2.34. The quantitative estimate of drug-likeness (QED) is 0.756. The third kappa shape index (κ3) is 5.46. The van der Waals surface area contributed by atoms with Crippen molar-refractivity contribution in [1.29, 1.82) is 0 Å². The first-order chi connectivity index (χ1) is 12.9. The second-order valence-electron chi connectivity index (χ2n) is 6.83. The molecule has 1 saturated heterocycles. The zero-order valence-corrected chi connectivity index (χ0v) is 14.8. The average Bonchev–Trinajstić information content (AvgIpc) is 3.48. The molecule has 0 spiro atoms. The summed E-state index contributed by atoms with van der Waals surface area (Å²) in [5.41, 5.74) is 0.115. The summed E-state index contributed by atoms with van der Waals surface area (Å²) >= 11 is 0. The van der Waals surface area contributed by atoms with Gasteiger partial charge in [-0.05, 0) is 25.0 Å². The van der Waals surface area contributed by atoms with Crippen molar-refractivity contribution in [3.63, 3.8) is 0 Å². The van der Waals surface area contributed by atoms with Gasteiger partial charge in [-0.1, -0.05) is 0 Å². The molecular weight excluding hydrogens is 358 g/mol. The van der Waals surface area contributed by atoms with Gasteiger partial charge >= 0.3 is 0 Å². The average molecular weight is 380 g/mol. The summed E-state index contributed by atoms with van der Waals surface area (Å²) in [6, 6.07) is 3.02. The van der Waals surface area contributed by atoms with Gasteiger partial charge in [-0.2, -0.15) is 0 Å². The van der Waals surface area contributed by atoms with Crippen LogP contribution in [0.2, 0.25) is 0 Å². The van der Waals surface area contributed by atoms with Crippen LogP contribution in [0, 0.1) is 17.6 Å². The van der Waals surface area contributed by atoms with Gasteiger partial charge in [0.15, 0.2) is 11.6 Å². The third-order valence-corrected chi connectivity index (χ3v) is 4.63. The van der Waals surface area contributed by atoms with Crippen LogP contribution in [-0.2, 0) is 14.4 Å². The SMILES string of the molecule is O=C(CN1CCN(C(=O)C2CC2)CC1)NCC(=O)Nc1ccc(F)c(F)c1. The first kappa shape index (κ1) is 19.2. The number of carbonyl (C=O) groups excluding carboxylic acids is 3. The number of benzene rings is 1. The number of nitrogens with one attached hydrogen (secondary N) is 2. The molecule has 1 aliphatic carbocycles. The van der Waals surface area contributed by atoms with Crippen LogP contribution in [0.4, 0.5) is 14.5 Å². The summed E-state index contributed by atoms with van der Waals surface area (Å²) < 4.78 is 26.0. The molecule has 1 heterocycles. The van der Waals surface area contributed by atoms with Gasteiger partial charge in [0.1, 0.15) is 0 Å². The van der Waals surface area contributed by atoms with Gasteiger partial charge in [0.05, 0.1) is 13.1 Å². The van der Waals surface area contributed by atoms with Gasteiger partial charge in [-0.15, -0.1) is 0 Å². The highest BCUT2D eigenvalue weighted by molar-refractivity contribution is 5.94. The highest BCUT2D eigenvalue weighted by Crippen LogP contribution is 2.31. The van der Waals surface area contributed by atoms with E-state index in [0.717, 1.165) is 25.0 Å². The fourth-order valence-electron chi connectivity index (χ4n) is 2.93. The van der Waals surface area contributed by atoms with E-state index in [1.807, 2.05) is 9.80 Å². The lowest BCUT2D eigenvalue weighted by Gasteiger charge is -2.34. The number of nitrogens with zero attached hydrogens (tertiary/aromatic N) is 2. The molecule has 7 nitrogen and oxygen atoms in total. The molecular formula is C18H22F2N4O3. The molecule has 27 heavy (non-hydrogen) atoms. The van der Waals surface area contributed by atoms with Crippen LogP contribution < -0.4 is 10.6 Å². The molecule has 2 N–H and O–H groups in total. The van der Waals surface area contributed by atoms with E-state index in [-0.39, 0.29) is 36.5 Å². The van der Waals surface area contributed by atoms with E-state index < -0.39 is 17.5 Å². The Labute approximate surface area is 155 Å². The van der Waals surface area contributed by atoms with Crippen LogP contribution in [0.1, 0.15) is 12.8 Å². The molecule has 1 aromatic carbocycles. The maximum absolute atomic E-state index is 13.1. The van der Waals surface area contributed by atoms with Gasteiger partial charge in [-0.3, -0.25) is 19.3 Å². The van der Waals surface area contributed by atoms with E-state index in [2.05, 4.69) is 10.6 Å². The minimum atomic E-state index is -1.06. The standard InChI is InChI=1S/C18H22F2N4O3/c19-14-4-3-13(9-15(14)20)22-16(25)10-21-17(26)11-23-5-7-24(8-6-23)18(27)12-1-2-12/h3-4,9,12H,1-2,5-8,10-11H2,(H,21,26)(H,22,25). The molecule has 0 unspecified atom stereocenters. The summed E-state index contributed by atoms with van der Waals surface area (Å²) in [5.74, 6) is -2.48. The third-order valence-electron chi connectivity index (χ3n) is 4.63. The van der Waals surface area contributed by atoms with Crippen molar-refractivity contribution in [2.24, 2.45) is 5.92 Å². The molecule has 0 bridgehead atoms. The first-order valence-corrected chi connectivity index (χ1v) is 8.95. The summed E-state index contributed by atoms with van der Waals surface area (Å²) in [6.07, 6.45) is 1.96. The minimum Gasteiger partial charge on any atom is -0.346 e. The molecule has 3 amide bonds. The lowest BCUT2D eigenvalue weighted by molar-refractivity contribution is -0.134. The van der Waals surface area contributed by atoms with Gasteiger partial charge in [-0.25, -0.2) is 8.78 Å². The molecule has 146 valence electrons. The second-order valence-corrected chi connectivity index (χ2v) is 6.83. The Morgan fingerprint density at radius 2 is 1.70 bits per heavy atom. The fourth-order valence-corrected chi connectivity index (χ4v) is 2.93. The molecule has 0 aromatic heterocycles. The van der Waals surface area contributed by atoms with Crippen LogP contribution in [0.25, 0.3) is 0 Å². The Kier molecular flexibility index (Phi) is 6.00. The number of hydrogen-bond donors (Lipinski definition) is 2. The van der Waals surface area contributed by atoms with Crippen molar-refractivity contribution in [3.8, 4) is 0 Å². The first-order valence-electron chi connectivity index (χ1n) is 8.95. The van der Waals surface area contributed by atoms with Crippen LogP contribution >= 0.6 is 0 Å². The molecule has 2 aliphatic rings. The predicted octanol–water partition coefficient (Wildman–Crippen LogP) is 0.574. The van der Waals surface area contributed by atoms with Crippen LogP contribution in [0.15, 0.2) is 18.2 Å². The molecule has 1 aliphatic heterocycles. The Bertz CT molecular complexity index is 731. The van der Waals surface area contributed by atoms with Gasteiger partial charge in [0.2, 0.25) is 17.7 Å². The van der Waals surface area contributed by atoms with Crippen molar-refractivity contribution in [2.75, 3.05) is 44.6 Å². The van der Waals surface area contributed by atoms with Crippen molar-refractivity contribution in [3.05, 3.63) is 29.8 Å². The van der Waals surface area contributed by atoms with Crippen molar-refractivity contribution in [2.45, 2.75) is 12.8 Å². The lowest BCUT2D eigenvalue weighted by Crippen LogP contribution is -2.51. The fraction of sp³-hybridized carbons (Fsp3) is 0.500. The number of amides is 3.